The Kier molecular flexibility index (Phi) is 5.42. The lowest BCUT2D eigenvalue weighted by Crippen LogP contribution is -2.41. The number of para-hydroxylation sites is 1. The van der Waals surface area contributed by atoms with Gasteiger partial charge in [-0.2, -0.15) is 9.30 Å². The van der Waals surface area contributed by atoms with Crippen molar-refractivity contribution >= 4 is 37.5 Å². The highest BCUT2D eigenvalue weighted by atomic mass is 32.2. The number of aromatic nitrogens is 1. The minimum Gasteiger partial charge on any atom is -0.319 e. The molecule has 0 unspecified atom stereocenters. The van der Waals surface area contributed by atoms with Gasteiger partial charge in [0.15, 0.2) is 4.80 Å². The molecule has 6 nitrogen and oxygen atoms in total. The fourth-order valence-corrected chi connectivity index (χ4v) is 6.39. The zero-order valence-electron chi connectivity index (χ0n) is 16.4. The smallest absolute Gasteiger partial charge is 0.279 e. The molecule has 0 N–H and O–H groups in total. The molecule has 8 heteroatoms. The van der Waals surface area contributed by atoms with E-state index < -0.39 is 10.0 Å². The number of rotatable bonds is 3. The van der Waals surface area contributed by atoms with Gasteiger partial charge in [0, 0.05) is 25.2 Å². The number of aryl methyl sites for hydroxylation is 1. The van der Waals surface area contributed by atoms with Crippen molar-refractivity contribution < 1.29 is 13.2 Å². The lowest BCUT2D eigenvalue weighted by atomic mass is 10.1. The Morgan fingerprint density at radius 2 is 1.83 bits per heavy atom. The van der Waals surface area contributed by atoms with Gasteiger partial charge < -0.3 is 4.57 Å². The van der Waals surface area contributed by atoms with E-state index in [0.717, 1.165) is 29.5 Å². The number of amides is 1. The van der Waals surface area contributed by atoms with E-state index >= 15 is 0 Å². The predicted molar refractivity (Wildman–Crippen MR) is 114 cm³/mol. The highest BCUT2D eigenvalue weighted by Crippen LogP contribution is 2.25. The van der Waals surface area contributed by atoms with E-state index in [1.54, 1.807) is 16.4 Å². The van der Waals surface area contributed by atoms with Crippen LogP contribution < -0.4 is 4.80 Å². The van der Waals surface area contributed by atoms with Gasteiger partial charge >= 0.3 is 0 Å². The summed E-state index contributed by atoms with van der Waals surface area (Å²) in [5.41, 5.74) is 1.38. The Hall–Kier alpha value is -2.29. The molecule has 4 rings (SSSR count). The molecule has 1 atom stereocenters. The summed E-state index contributed by atoms with van der Waals surface area (Å²) in [6, 6.07) is 14.0. The quantitative estimate of drug-likeness (QED) is 0.639. The van der Waals surface area contributed by atoms with Crippen LogP contribution in [0.4, 0.5) is 0 Å². The molecule has 152 valence electrons. The molecule has 1 saturated heterocycles. The summed E-state index contributed by atoms with van der Waals surface area (Å²) in [6.07, 6.45) is 2.81. The molecule has 0 saturated carbocycles. The topological polar surface area (TPSA) is 71.7 Å². The highest BCUT2D eigenvalue weighted by Gasteiger charge is 2.30. The Bertz CT molecular complexity index is 1220. The van der Waals surface area contributed by atoms with Crippen LogP contribution in [0.2, 0.25) is 0 Å². The first-order valence-electron chi connectivity index (χ1n) is 9.63. The van der Waals surface area contributed by atoms with Crippen LogP contribution in [0.25, 0.3) is 10.2 Å². The molecule has 3 aromatic rings. The number of nitrogens with zero attached hydrogens (tertiary/aromatic N) is 3. The molecule has 29 heavy (non-hydrogen) atoms. The van der Waals surface area contributed by atoms with Crippen molar-refractivity contribution in [2.24, 2.45) is 12.0 Å². The third-order valence-electron chi connectivity index (χ3n) is 5.36. The van der Waals surface area contributed by atoms with Gasteiger partial charge in [0.1, 0.15) is 0 Å². The molecule has 2 heterocycles. The Balaban J connectivity index is 1.62. The first kappa shape index (κ1) is 20.0. The van der Waals surface area contributed by atoms with E-state index in [1.165, 1.54) is 23.5 Å². The molecule has 0 aliphatic carbocycles. The number of thiazole rings is 1. The second kappa shape index (κ2) is 7.85. The molecule has 0 bridgehead atoms. The van der Waals surface area contributed by atoms with Crippen molar-refractivity contribution in [3.8, 4) is 0 Å². The Morgan fingerprint density at radius 3 is 2.52 bits per heavy atom. The number of hydrogen-bond donors (Lipinski definition) is 0. The SMILES string of the molecule is C[C@@H]1CCCCN1S(=O)(=O)c1ccc(C(=O)N=c2sc3ccccc3n2C)cc1. The van der Waals surface area contributed by atoms with Crippen molar-refractivity contribution in [2.75, 3.05) is 6.54 Å². The number of benzene rings is 2. The van der Waals surface area contributed by atoms with Crippen molar-refractivity contribution in [3.05, 3.63) is 58.9 Å². The van der Waals surface area contributed by atoms with Crippen LogP contribution in [0.5, 0.6) is 0 Å². The van der Waals surface area contributed by atoms with E-state index in [0.29, 0.717) is 16.9 Å². The summed E-state index contributed by atoms with van der Waals surface area (Å²) >= 11 is 1.45. The van der Waals surface area contributed by atoms with Crippen molar-refractivity contribution in [3.63, 3.8) is 0 Å². The van der Waals surface area contributed by atoms with Gasteiger partial charge in [0.05, 0.1) is 15.1 Å². The minimum absolute atomic E-state index is 0.00183. The second-order valence-electron chi connectivity index (χ2n) is 7.31. The molecular weight excluding hydrogens is 406 g/mol. The summed E-state index contributed by atoms with van der Waals surface area (Å²) in [6.45, 7) is 2.49. The standard InChI is InChI=1S/C21H23N3O3S2/c1-15-7-5-6-14-24(15)29(26,27)17-12-10-16(11-13-17)20(25)22-21-23(2)18-8-3-4-9-19(18)28-21/h3-4,8-13,15H,5-7,14H2,1-2H3/t15-/m1/s1. The van der Waals surface area contributed by atoms with Crippen LogP contribution >= 0.6 is 11.3 Å². The van der Waals surface area contributed by atoms with Crippen molar-refractivity contribution in [1.82, 2.24) is 8.87 Å². The average molecular weight is 430 g/mol. The summed E-state index contributed by atoms with van der Waals surface area (Å²) in [4.78, 5) is 17.7. The van der Waals surface area contributed by atoms with Crippen LogP contribution in [0, 0.1) is 0 Å². The largest absolute Gasteiger partial charge is 0.319 e. The number of fused-ring (bicyclic) bond motifs is 1. The molecular formula is C21H23N3O3S2. The van der Waals surface area contributed by atoms with E-state index in [1.807, 2.05) is 42.8 Å². The highest BCUT2D eigenvalue weighted by molar-refractivity contribution is 7.89. The van der Waals surface area contributed by atoms with Crippen LogP contribution in [-0.4, -0.2) is 35.8 Å². The lowest BCUT2D eigenvalue weighted by molar-refractivity contribution is 0.0998. The molecule has 0 radical (unpaired) electrons. The Labute approximate surface area is 174 Å². The van der Waals surface area contributed by atoms with Gasteiger partial charge in [-0.3, -0.25) is 4.79 Å². The van der Waals surface area contributed by atoms with E-state index in [4.69, 9.17) is 0 Å². The molecule has 1 amide bonds. The normalized spacial score (nSPS) is 19.0. The van der Waals surface area contributed by atoms with Gasteiger partial charge in [-0.25, -0.2) is 8.42 Å². The van der Waals surface area contributed by atoms with Gasteiger partial charge in [-0.15, -0.1) is 0 Å². The third-order valence-corrected chi connectivity index (χ3v) is 8.50. The van der Waals surface area contributed by atoms with Crippen molar-refractivity contribution in [1.29, 1.82) is 0 Å². The Morgan fingerprint density at radius 1 is 1.10 bits per heavy atom. The maximum Gasteiger partial charge on any atom is 0.279 e. The number of piperidine rings is 1. The zero-order valence-corrected chi connectivity index (χ0v) is 18.0. The average Bonchev–Trinajstić information content (AvgIpc) is 3.04. The molecule has 0 spiro atoms. The maximum absolute atomic E-state index is 12.9. The monoisotopic (exact) mass is 429 g/mol. The van der Waals surface area contributed by atoms with Crippen LogP contribution in [0.1, 0.15) is 36.5 Å². The molecule has 1 aromatic heterocycles. The number of carbonyl (C=O) groups excluding carboxylic acids is 1. The maximum atomic E-state index is 12.9. The van der Waals surface area contributed by atoms with Crippen LogP contribution in [0.3, 0.4) is 0 Å². The summed E-state index contributed by atoms with van der Waals surface area (Å²) < 4.78 is 30.4. The predicted octanol–water partition coefficient (Wildman–Crippen LogP) is 3.54. The van der Waals surface area contributed by atoms with E-state index in [9.17, 15) is 13.2 Å². The van der Waals surface area contributed by atoms with Crippen LogP contribution in [0.15, 0.2) is 58.4 Å². The second-order valence-corrected chi connectivity index (χ2v) is 10.2. The number of sulfonamides is 1. The van der Waals surface area contributed by atoms with Crippen LogP contribution in [-0.2, 0) is 17.1 Å². The molecule has 1 fully saturated rings. The van der Waals surface area contributed by atoms with E-state index in [2.05, 4.69) is 4.99 Å². The summed E-state index contributed by atoms with van der Waals surface area (Å²) in [7, 11) is -1.67. The molecule has 2 aromatic carbocycles. The van der Waals surface area contributed by atoms with E-state index in [-0.39, 0.29) is 16.8 Å². The minimum atomic E-state index is -3.55. The molecule has 1 aliphatic rings. The van der Waals surface area contributed by atoms with Gasteiger partial charge in [0.2, 0.25) is 10.0 Å². The van der Waals surface area contributed by atoms with Gasteiger partial charge in [0.25, 0.3) is 5.91 Å². The van der Waals surface area contributed by atoms with Crippen molar-refractivity contribution in [2.45, 2.75) is 37.1 Å². The number of hydrogen-bond acceptors (Lipinski definition) is 4. The fraction of sp³-hybridized carbons (Fsp3) is 0.333. The third kappa shape index (κ3) is 3.80. The first-order chi connectivity index (χ1) is 13.9. The summed E-state index contributed by atoms with van der Waals surface area (Å²) in [5, 5.41) is 0. The first-order valence-corrected chi connectivity index (χ1v) is 11.9. The lowest BCUT2D eigenvalue weighted by Gasteiger charge is -2.32. The van der Waals surface area contributed by atoms with Gasteiger partial charge in [-0.05, 0) is 56.2 Å². The fourth-order valence-electron chi connectivity index (χ4n) is 3.67. The zero-order chi connectivity index (χ0) is 20.6. The summed E-state index contributed by atoms with van der Waals surface area (Å²) in [5.74, 6) is -0.387. The molecule has 1 aliphatic heterocycles. The van der Waals surface area contributed by atoms with Gasteiger partial charge in [-0.1, -0.05) is 29.9 Å². The number of carbonyl (C=O) groups is 1.